The second kappa shape index (κ2) is 9.01. The van der Waals surface area contributed by atoms with Crippen LogP contribution < -0.4 is 5.32 Å². The minimum atomic E-state index is -0.501. The van der Waals surface area contributed by atoms with Gasteiger partial charge in [0.1, 0.15) is 0 Å². The lowest BCUT2D eigenvalue weighted by Gasteiger charge is -2.18. The normalized spacial score (nSPS) is 10.6. The van der Waals surface area contributed by atoms with Gasteiger partial charge in [-0.25, -0.2) is 0 Å². The molecule has 29 heavy (non-hydrogen) atoms. The van der Waals surface area contributed by atoms with Crippen molar-refractivity contribution in [2.24, 2.45) is 0 Å². The minimum absolute atomic E-state index is 0.105. The van der Waals surface area contributed by atoms with Crippen LogP contribution >= 0.6 is 0 Å². The van der Waals surface area contributed by atoms with Crippen molar-refractivity contribution in [2.45, 2.75) is 12.8 Å². The molecule has 0 aliphatic rings. The fraction of sp³-hybridized carbons (Fsp3) is 0.238. The molecule has 0 fully saturated rings. The highest BCUT2D eigenvalue weighted by Gasteiger charge is 2.19. The van der Waals surface area contributed by atoms with E-state index in [1.807, 2.05) is 36.4 Å². The Bertz CT molecular complexity index is 1000. The van der Waals surface area contributed by atoms with Crippen molar-refractivity contribution in [1.82, 2.24) is 15.1 Å². The molecule has 0 saturated heterocycles. The number of carbonyl (C=O) groups excluding carboxylic acids is 1. The zero-order valence-electron chi connectivity index (χ0n) is 16.4. The van der Waals surface area contributed by atoms with Gasteiger partial charge in [0, 0.05) is 49.7 Å². The fourth-order valence-corrected chi connectivity index (χ4v) is 3.10. The van der Waals surface area contributed by atoms with E-state index < -0.39 is 4.92 Å². The molecular formula is C21H23N5O3. The molecule has 2 N–H and O–H groups in total. The summed E-state index contributed by atoms with van der Waals surface area (Å²) in [4.78, 5) is 24.9. The standard InChI is InChI=1S/C21H23N5O3/c1-22-19-11-10-17(26(28)29)14-18(19)21(27)25(2)12-6-9-16-13-20(24-23-16)15-7-4-3-5-8-15/h3-5,7-8,10-11,13-14,22H,6,9,12H2,1-2H3,(H,23,24). The zero-order valence-corrected chi connectivity index (χ0v) is 16.4. The fourth-order valence-electron chi connectivity index (χ4n) is 3.10. The second-order valence-electron chi connectivity index (χ2n) is 6.71. The molecule has 2 aromatic carbocycles. The SMILES string of the molecule is CNc1ccc([N+](=O)[O-])cc1C(=O)N(C)CCCc1cc(-c2ccccc2)n[nH]1. The summed E-state index contributed by atoms with van der Waals surface area (Å²) < 4.78 is 0. The number of hydrogen-bond donors (Lipinski definition) is 2. The first-order valence-electron chi connectivity index (χ1n) is 9.31. The van der Waals surface area contributed by atoms with E-state index in [0.717, 1.165) is 29.8 Å². The molecule has 1 aromatic heterocycles. The summed E-state index contributed by atoms with van der Waals surface area (Å²) in [6.45, 7) is 0.518. The molecule has 0 spiro atoms. The number of H-pyrrole nitrogens is 1. The Kier molecular flexibility index (Phi) is 6.23. The molecule has 150 valence electrons. The first-order chi connectivity index (χ1) is 14.0. The summed E-state index contributed by atoms with van der Waals surface area (Å²) in [5, 5.41) is 21.3. The quantitative estimate of drug-likeness (QED) is 0.448. The maximum absolute atomic E-state index is 12.8. The Morgan fingerprint density at radius 1 is 1.21 bits per heavy atom. The van der Waals surface area contributed by atoms with Crippen LogP contribution in [0.3, 0.4) is 0 Å². The average molecular weight is 393 g/mol. The van der Waals surface area contributed by atoms with E-state index in [2.05, 4.69) is 15.5 Å². The van der Waals surface area contributed by atoms with Crippen LogP contribution in [-0.2, 0) is 6.42 Å². The topological polar surface area (TPSA) is 104 Å². The van der Waals surface area contributed by atoms with Crippen molar-refractivity contribution >= 4 is 17.3 Å². The van der Waals surface area contributed by atoms with E-state index in [9.17, 15) is 14.9 Å². The van der Waals surface area contributed by atoms with Crippen molar-refractivity contribution in [3.8, 4) is 11.3 Å². The predicted molar refractivity (Wildman–Crippen MR) is 112 cm³/mol. The number of aryl methyl sites for hydroxylation is 1. The van der Waals surface area contributed by atoms with Crippen LogP contribution in [0.4, 0.5) is 11.4 Å². The highest BCUT2D eigenvalue weighted by Crippen LogP contribution is 2.23. The van der Waals surface area contributed by atoms with Crippen LogP contribution in [0, 0.1) is 10.1 Å². The van der Waals surface area contributed by atoms with Gasteiger partial charge < -0.3 is 10.2 Å². The van der Waals surface area contributed by atoms with Gasteiger partial charge in [0.05, 0.1) is 16.2 Å². The van der Waals surface area contributed by atoms with Crippen molar-refractivity contribution in [3.05, 3.63) is 76.0 Å². The number of amides is 1. The van der Waals surface area contributed by atoms with Gasteiger partial charge in [0.25, 0.3) is 11.6 Å². The first-order valence-corrected chi connectivity index (χ1v) is 9.31. The highest BCUT2D eigenvalue weighted by atomic mass is 16.6. The third-order valence-corrected chi connectivity index (χ3v) is 4.70. The molecule has 3 aromatic rings. The molecule has 3 rings (SSSR count). The van der Waals surface area contributed by atoms with E-state index >= 15 is 0 Å². The minimum Gasteiger partial charge on any atom is -0.387 e. The lowest BCUT2D eigenvalue weighted by atomic mass is 10.1. The molecule has 0 radical (unpaired) electrons. The van der Waals surface area contributed by atoms with E-state index in [1.165, 1.54) is 12.1 Å². The molecule has 0 aliphatic carbocycles. The van der Waals surface area contributed by atoms with Crippen molar-refractivity contribution < 1.29 is 9.72 Å². The van der Waals surface area contributed by atoms with Gasteiger partial charge in [-0.3, -0.25) is 20.0 Å². The molecule has 8 heteroatoms. The number of aromatic nitrogens is 2. The number of hydrogen-bond acceptors (Lipinski definition) is 5. The van der Waals surface area contributed by atoms with E-state index in [-0.39, 0.29) is 17.2 Å². The number of rotatable bonds is 8. The van der Waals surface area contributed by atoms with E-state index in [4.69, 9.17) is 0 Å². The predicted octanol–water partition coefficient (Wildman–Crippen LogP) is 3.73. The summed E-state index contributed by atoms with van der Waals surface area (Å²) in [5.74, 6) is -0.257. The number of nitrogens with zero attached hydrogens (tertiary/aromatic N) is 3. The van der Waals surface area contributed by atoms with Gasteiger partial charge in [-0.1, -0.05) is 30.3 Å². The number of nitro benzene ring substituents is 1. The molecule has 0 atom stereocenters. The van der Waals surface area contributed by atoms with Crippen molar-refractivity contribution in [1.29, 1.82) is 0 Å². The maximum atomic E-state index is 12.8. The van der Waals surface area contributed by atoms with Crippen molar-refractivity contribution in [3.63, 3.8) is 0 Å². The lowest BCUT2D eigenvalue weighted by molar-refractivity contribution is -0.384. The van der Waals surface area contributed by atoms with Crippen LogP contribution in [-0.4, -0.2) is 46.6 Å². The molecular weight excluding hydrogens is 370 g/mol. The van der Waals surface area contributed by atoms with Crippen LogP contribution in [0.1, 0.15) is 22.5 Å². The van der Waals surface area contributed by atoms with Crippen molar-refractivity contribution in [2.75, 3.05) is 26.0 Å². The Hall–Kier alpha value is -3.68. The molecule has 0 aliphatic heterocycles. The zero-order chi connectivity index (χ0) is 20.8. The number of benzene rings is 2. The smallest absolute Gasteiger partial charge is 0.270 e. The van der Waals surface area contributed by atoms with Gasteiger partial charge in [0.15, 0.2) is 0 Å². The number of carbonyl (C=O) groups is 1. The largest absolute Gasteiger partial charge is 0.387 e. The molecule has 1 heterocycles. The van der Waals surface area contributed by atoms with Gasteiger partial charge in [-0.05, 0) is 25.0 Å². The second-order valence-corrected chi connectivity index (χ2v) is 6.71. The molecule has 0 bridgehead atoms. The summed E-state index contributed by atoms with van der Waals surface area (Å²) in [6.07, 6.45) is 1.48. The Labute approximate surface area is 168 Å². The summed E-state index contributed by atoms with van der Waals surface area (Å²) in [7, 11) is 3.38. The number of anilines is 1. The summed E-state index contributed by atoms with van der Waals surface area (Å²) in [6, 6.07) is 16.2. The lowest BCUT2D eigenvalue weighted by Crippen LogP contribution is -2.28. The number of non-ortho nitro benzene ring substituents is 1. The van der Waals surface area contributed by atoms with Crippen LogP contribution in [0.15, 0.2) is 54.6 Å². The molecule has 0 unspecified atom stereocenters. The molecule has 0 saturated carbocycles. The average Bonchev–Trinajstić information content (AvgIpc) is 3.22. The maximum Gasteiger partial charge on any atom is 0.270 e. The first kappa shape index (κ1) is 20.1. The van der Waals surface area contributed by atoms with Gasteiger partial charge >= 0.3 is 0 Å². The number of nitrogens with one attached hydrogen (secondary N) is 2. The summed E-state index contributed by atoms with van der Waals surface area (Å²) >= 11 is 0. The molecule has 1 amide bonds. The van der Waals surface area contributed by atoms with Gasteiger partial charge in [-0.15, -0.1) is 0 Å². The van der Waals surface area contributed by atoms with Crippen LogP contribution in [0.2, 0.25) is 0 Å². The Balaban J connectivity index is 1.60. The van der Waals surface area contributed by atoms with Crippen LogP contribution in [0.5, 0.6) is 0 Å². The number of aromatic amines is 1. The highest BCUT2D eigenvalue weighted by molar-refractivity contribution is 6.00. The Morgan fingerprint density at radius 3 is 2.66 bits per heavy atom. The van der Waals surface area contributed by atoms with Crippen LogP contribution in [0.25, 0.3) is 11.3 Å². The van der Waals surface area contributed by atoms with Gasteiger partial charge in [-0.2, -0.15) is 5.10 Å². The Morgan fingerprint density at radius 2 is 1.97 bits per heavy atom. The summed E-state index contributed by atoms with van der Waals surface area (Å²) in [5.41, 5.74) is 3.68. The monoisotopic (exact) mass is 393 g/mol. The number of nitro groups is 1. The third-order valence-electron chi connectivity index (χ3n) is 4.70. The third kappa shape index (κ3) is 4.78. The van der Waals surface area contributed by atoms with E-state index in [0.29, 0.717) is 12.2 Å². The van der Waals surface area contributed by atoms with Gasteiger partial charge in [0.2, 0.25) is 0 Å². The van der Waals surface area contributed by atoms with E-state index in [1.54, 1.807) is 25.1 Å². The molecule has 8 nitrogen and oxygen atoms in total.